The van der Waals surface area contributed by atoms with E-state index < -0.39 is 0 Å². The molecule has 0 atom stereocenters. The van der Waals surface area contributed by atoms with Gasteiger partial charge in [-0.15, -0.1) is 0 Å². The van der Waals surface area contributed by atoms with Crippen molar-refractivity contribution in [2.45, 2.75) is 31.6 Å². The largest absolute Gasteiger partial charge is 0.396 e. The Morgan fingerprint density at radius 2 is 2.00 bits per heavy atom. The maximum atomic E-state index is 12.4. The van der Waals surface area contributed by atoms with Crippen molar-refractivity contribution in [3.8, 4) is 0 Å². The number of fused-ring (bicyclic) bond motifs is 1. The van der Waals surface area contributed by atoms with Crippen molar-refractivity contribution in [1.29, 1.82) is 0 Å². The molecule has 1 aliphatic carbocycles. The van der Waals surface area contributed by atoms with Crippen LogP contribution in [0.4, 0.5) is 5.82 Å². The zero-order valence-electron chi connectivity index (χ0n) is 14.6. The van der Waals surface area contributed by atoms with E-state index in [4.69, 9.17) is 5.11 Å². The third kappa shape index (κ3) is 3.48. The minimum atomic E-state index is -0.0637. The predicted molar refractivity (Wildman–Crippen MR) is 102 cm³/mol. The van der Waals surface area contributed by atoms with Gasteiger partial charge in [0.1, 0.15) is 0 Å². The minimum absolute atomic E-state index is 0.0637. The lowest BCUT2D eigenvalue weighted by Gasteiger charge is -2.34. The van der Waals surface area contributed by atoms with Crippen LogP contribution >= 0.6 is 0 Å². The molecule has 1 saturated carbocycles. The van der Waals surface area contributed by atoms with E-state index in [0.717, 1.165) is 41.3 Å². The Morgan fingerprint density at radius 1 is 1.19 bits per heavy atom. The zero-order valence-corrected chi connectivity index (χ0v) is 14.6. The Bertz CT molecular complexity index is 907. The van der Waals surface area contributed by atoms with Crippen LogP contribution in [0.15, 0.2) is 48.5 Å². The number of amides is 1. The van der Waals surface area contributed by atoms with Gasteiger partial charge in [-0.1, -0.05) is 42.5 Å². The molecule has 0 spiro atoms. The Hall–Kier alpha value is -2.66. The Morgan fingerprint density at radius 3 is 2.85 bits per heavy atom. The van der Waals surface area contributed by atoms with Gasteiger partial charge in [-0.25, -0.2) is 0 Å². The van der Waals surface area contributed by atoms with Crippen molar-refractivity contribution in [3.05, 3.63) is 59.8 Å². The lowest BCUT2D eigenvalue weighted by Crippen LogP contribution is -2.23. The number of aromatic nitrogens is 2. The highest BCUT2D eigenvalue weighted by molar-refractivity contribution is 5.95. The van der Waals surface area contributed by atoms with Gasteiger partial charge >= 0.3 is 0 Å². The zero-order chi connectivity index (χ0) is 17.9. The third-order valence-corrected chi connectivity index (χ3v) is 5.31. The van der Waals surface area contributed by atoms with Crippen molar-refractivity contribution in [1.82, 2.24) is 10.2 Å². The Labute approximate surface area is 152 Å². The lowest BCUT2D eigenvalue weighted by atomic mass is 9.72. The normalized spacial score (nSPS) is 19.3. The number of aliphatic hydroxyl groups excluding tert-OH is 1. The van der Waals surface area contributed by atoms with Gasteiger partial charge in [0, 0.05) is 24.3 Å². The van der Waals surface area contributed by atoms with Crippen molar-refractivity contribution in [2.75, 3.05) is 11.9 Å². The second-order valence-electron chi connectivity index (χ2n) is 7.12. The quantitative estimate of drug-likeness (QED) is 0.636. The highest BCUT2D eigenvalue weighted by Crippen LogP contribution is 2.42. The molecule has 1 aromatic heterocycles. The van der Waals surface area contributed by atoms with E-state index in [9.17, 15) is 4.79 Å². The van der Waals surface area contributed by atoms with Gasteiger partial charge in [0.15, 0.2) is 5.82 Å². The van der Waals surface area contributed by atoms with Crippen LogP contribution in [0.5, 0.6) is 0 Å². The molecule has 3 N–H and O–H groups in total. The van der Waals surface area contributed by atoms with Gasteiger partial charge in [-0.05, 0) is 41.5 Å². The number of aliphatic hydroxyl groups is 1. The fraction of sp³-hybridized carbons (Fsp3) is 0.333. The molecule has 1 heterocycles. The molecule has 2 aromatic carbocycles. The fourth-order valence-corrected chi connectivity index (χ4v) is 3.82. The molecule has 26 heavy (non-hydrogen) atoms. The molecular weight excluding hydrogens is 326 g/mol. The van der Waals surface area contributed by atoms with E-state index in [-0.39, 0.29) is 12.5 Å². The fourth-order valence-electron chi connectivity index (χ4n) is 3.82. The number of nitrogens with one attached hydrogen (secondary N) is 2. The summed E-state index contributed by atoms with van der Waals surface area (Å²) in [5.41, 5.74) is 2.09. The number of hydrogen-bond acceptors (Lipinski definition) is 3. The number of H-pyrrole nitrogens is 1. The summed E-state index contributed by atoms with van der Waals surface area (Å²) in [6, 6.07) is 16.1. The second kappa shape index (κ2) is 7.30. The van der Waals surface area contributed by atoms with E-state index >= 15 is 0 Å². The van der Waals surface area contributed by atoms with Crippen molar-refractivity contribution in [2.24, 2.45) is 5.92 Å². The van der Waals surface area contributed by atoms with E-state index in [0.29, 0.717) is 24.1 Å². The molecule has 3 aromatic rings. The monoisotopic (exact) mass is 349 g/mol. The lowest BCUT2D eigenvalue weighted by molar-refractivity contribution is -0.115. The molecule has 0 bridgehead atoms. The maximum absolute atomic E-state index is 12.4. The van der Waals surface area contributed by atoms with Crippen molar-refractivity contribution in [3.63, 3.8) is 0 Å². The summed E-state index contributed by atoms with van der Waals surface area (Å²) in [6.07, 6.45) is 3.35. The van der Waals surface area contributed by atoms with Crippen LogP contribution in [0.3, 0.4) is 0 Å². The van der Waals surface area contributed by atoms with Gasteiger partial charge in [0.2, 0.25) is 5.91 Å². The molecule has 5 heteroatoms. The van der Waals surface area contributed by atoms with Gasteiger partial charge in [0.25, 0.3) is 0 Å². The number of nitrogens with zero attached hydrogens (tertiary/aromatic N) is 1. The highest BCUT2D eigenvalue weighted by atomic mass is 16.3. The van der Waals surface area contributed by atoms with Gasteiger partial charge in [-0.2, -0.15) is 5.10 Å². The molecule has 1 aliphatic rings. The molecule has 0 saturated heterocycles. The summed E-state index contributed by atoms with van der Waals surface area (Å²) in [7, 11) is 0. The van der Waals surface area contributed by atoms with Crippen LogP contribution in [-0.4, -0.2) is 27.8 Å². The number of carbonyl (C=O) groups is 1. The standard InChI is InChI=1S/C21H23N3O2/c25-9-8-14-10-17(11-14)19-13-20(24-23-19)22-21(26)12-16-6-3-5-15-4-1-2-7-18(15)16/h1-7,13-14,17,25H,8-12H2,(H2,22,23,24,26)/t14-,17+. The summed E-state index contributed by atoms with van der Waals surface area (Å²) >= 11 is 0. The van der Waals surface area contributed by atoms with Crippen LogP contribution < -0.4 is 5.32 Å². The Balaban J connectivity index is 1.38. The minimum Gasteiger partial charge on any atom is -0.396 e. The summed E-state index contributed by atoms with van der Waals surface area (Å²) in [6.45, 7) is 0.260. The van der Waals surface area contributed by atoms with Gasteiger partial charge < -0.3 is 10.4 Å². The number of benzene rings is 2. The average molecular weight is 349 g/mol. The predicted octanol–water partition coefficient (Wildman–Crippen LogP) is 3.62. The van der Waals surface area contributed by atoms with E-state index in [1.54, 1.807) is 0 Å². The first-order chi connectivity index (χ1) is 12.7. The topological polar surface area (TPSA) is 78.0 Å². The molecule has 1 fully saturated rings. The van der Waals surface area contributed by atoms with Gasteiger partial charge in [0.05, 0.1) is 6.42 Å². The number of carbonyl (C=O) groups excluding carboxylic acids is 1. The molecule has 1 amide bonds. The van der Waals surface area contributed by atoms with Crippen LogP contribution in [-0.2, 0) is 11.2 Å². The van der Waals surface area contributed by atoms with Crippen molar-refractivity contribution < 1.29 is 9.90 Å². The van der Waals surface area contributed by atoms with Gasteiger partial charge in [-0.3, -0.25) is 9.89 Å². The first kappa shape index (κ1) is 16.8. The van der Waals surface area contributed by atoms with Crippen molar-refractivity contribution >= 4 is 22.5 Å². The van der Waals surface area contributed by atoms with E-state index in [1.807, 2.05) is 36.4 Å². The number of hydrogen-bond donors (Lipinski definition) is 3. The van der Waals surface area contributed by atoms with Crippen LogP contribution in [0.25, 0.3) is 10.8 Å². The SMILES string of the molecule is O=C(Cc1cccc2ccccc12)Nc1cc([C@H]2C[C@@H](CCO)C2)[nH]n1. The van der Waals surface area contributed by atoms with Crippen LogP contribution in [0.1, 0.15) is 36.4 Å². The average Bonchev–Trinajstić information content (AvgIpc) is 3.05. The molecule has 5 nitrogen and oxygen atoms in total. The molecule has 0 unspecified atom stereocenters. The summed E-state index contributed by atoms with van der Waals surface area (Å²) in [5, 5.41) is 21.4. The molecule has 4 rings (SSSR count). The second-order valence-corrected chi connectivity index (χ2v) is 7.12. The molecule has 134 valence electrons. The maximum Gasteiger partial charge on any atom is 0.230 e. The first-order valence-corrected chi connectivity index (χ1v) is 9.15. The highest BCUT2D eigenvalue weighted by Gasteiger charge is 2.31. The Kier molecular flexibility index (Phi) is 4.71. The summed E-state index contributed by atoms with van der Waals surface area (Å²) in [4.78, 5) is 12.4. The summed E-state index contributed by atoms with van der Waals surface area (Å²) in [5.74, 6) is 1.59. The molecular formula is C21H23N3O2. The number of aromatic amines is 1. The number of anilines is 1. The molecule has 0 radical (unpaired) electrons. The van der Waals surface area contributed by atoms with E-state index in [1.165, 1.54) is 0 Å². The summed E-state index contributed by atoms with van der Waals surface area (Å²) < 4.78 is 0. The van der Waals surface area contributed by atoms with E-state index in [2.05, 4.69) is 27.6 Å². The van der Waals surface area contributed by atoms with Crippen LogP contribution in [0.2, 0.25) is 0 Å². The first-order valence-electron chi connectivity index (χ1n) is 9.15. The third-order valence-electron chi connectivity index (χ3n) is 5.31. The number of rotatable bonds is 6. The smallest absolute Gasteiger partial charge is 0.230 e. The molecule has 0 aliphatic heterocycles. The van der Waals surface area contributed by atoms with Crippen LogP contribution in [0, 0.1) is 5.92 Å².